The van der Waals surface area contributed by atoms with E-state index in [1.165, 1.54) is 0 Å². The summed E-state index contributed by atoms with van der Waals surface area (Å²) in [5.74, 6) is 0. The van der Waals surface area contributed by atoms with Gasteiger partial charge in [0.15, 0.2) is 5.15 Å². The molecule has 0 spiro atoms. The summed E-state index contributed by atoms with van der Waals surface area (Å²) < 4.78 is 7.16. The summed E-state index contributed by atoms with van der Waals surface area (Å²) in [6, 6.07) is 0. The number of rotatable bonds is 3. The van der Waals surface area contributed by atoms with Crippen LogP contribution in [-0.4, -0.2) is 47.5 Å². The van der Waals surface area contributed by atoms with E-state index < -0.39 is 0 Å². The molecular formula is C10H17ClN4O. The molecule has 0 aliphatic carbocycles. The van der Waals surface area contributed by atoms with Crippen LogP contribution in [0.5, 0.6) is 0 Å². The molecule has 0 bridgehead atoms. The van der Waals surface area contributed by atoms with E-state index >= 15 is 0 Å². The van der Waals surface area contributed by atoms with E-state index in [1.54, 1.807) is 0 Å². The summed E-state index contributed by atoms with van der Waals surface area (Å²) in [6.07, 6.45) is 0. The maximum absolute atomic E-state index is 5.87. The van der Waals surface area contributed by atoms with Gasteiger partial charge in [-0.3, -0.25) is 9.58 Å². The van der Waals surface area contributed by atoms with Crippen molar-refractivity contribution in [3.63, 3.8) is 0 Å². The predicted molar refractivity (Wildman–Crippen MR) is 63.6 cm³/mol. The standard InChI is InChI=1S/C10H17ClN4O/c1-8-9(12)10(11)13-15(8)3-2-14-4-6-16-7-5-14/h2-7,12H2,1H3. The molecule has 1 saturated heterocycles. The Balaban J connectivity index is 1.91. The SMILES string of the molecule is Cc1c(N)c(Cl)nn1CCN1CCOCC1. The van der Waals surface area contributed by atoms with E-state index in [0.717, 1.165) is 45.1 Å². The van der Waals surface area contributed by atoms with Crippen LogP contribution >= 0.6 is 11.6 Å². The second-order valence-corrected chi connectivity index (χ2v) is 4.33. The largest absolute Gasteiger partial charge is 0.395 e. The molecule has 0 atom stereocenters. The first-order chi connectivity index (χ1) is 7.68. The summed E-state index contributed by atoms with van der Waals surface area (Å²) in [6.45, 7) is 7.34. The molecule has 6 heteroatoms. The molecule has 16 heavy (non-hydrogen) atoms. The minimum atomic E-state index is 0.402. The number of anilines is 1. The van der Waals surface area contributed by atoms with Crippen LogP contribution in [0, 0.1) is 6.92 Å². The van der Waals surface area contributed by atoms with Crippen LogP contribution in [0.4, 0.5) is 5.69 Å². The number of nitrogens with two attached hydrogens (primary N) is 1. The third kappa shape index (κ3) is 2.48. The van der Waals surface area contributed by atoms with E-state index in [-0.39, 0.29) is 0 Å². The fraction of sp³-hybridized carbons (Fsp3) is 0.700. The molecule has 2 heterocycles. The Morgan fingerprint density at radius 1 is 1.38 bits per heavy atom. The average Bonchev–Trinajstić information content (AvgIpc) is 2.56. The number of hydrogen-bond acceptors (Lipinski definition) is 4. The minimum Gasteiger partial charge on any atom is -0.395 e. The molecule has 2 rings (SSSR count). The van der Waals surface area contributed by atoms with Crippen molar-refractivity contribution in [2.75, 3.05) is 38.6 Å². The molecule has 2 N–H and O–H groups in total. The van der Waals surface area contributed by atoms with Crippen LogP contribution in [0.3, 0.4) is 0 Å². The molecule has 0 radical (unpaired) electrons. The van der Waals surface area contributed by atoms with Gasteiger partial charge in [-0.25, -0.2) is 0 Å². The van der Waals surface area contributed by atoms with Gasteiger partial charge in [0, 0.05) is 19.6 Å². The molecule has 5 nitrogen and oxygen atoms in total. The lowest BCUT2D eigenvalue weighted by atomic mass is 10.4. The van der Waals surface area contributed by atoms with Gasteiger partial charge in [-0.1, -0.05) is 11.6 Å². The van der Waals surface area contributed by atoms with Crippen LogP contribution in [0.15, 0.2) is 0 Å². The molecule has 0 saturated carbocycles. The maximum Gasteiger partial charge on any atom is 0.174 e. The Bertz CT molecular complexity index is 360. The Labute approximate surface area is 100 Å². The first kappa shape index (κ1) is 11.7. The molecule has 0 amide bonds. The van der Waals surface area contributed by atoms with E-state index in [9.17, 15) is 0 Å². The van der Waals surface area contributed by atoms with Gasteiger partial charge in [-0.05, 0) is 6.92 Å². The molecule has 1 aliphatic heterocycles. The van der Waals surface area contributed by atoms with Crippen LogP contribution in [-0.2, 0) is 11.3 Å². The quantitative estimate of drug-likeness (QED) is 0.853. The number of aromatic nitrogens is 2. The third-order valence-corrected chi connectivity index (χ3v) is 3.22. The summed E-state index contributed by atoms with van der Waals surface area (Å²) in [4.78, 5) is 2.36. The van der Waals surface area contributed by atoms with Crippen LogP contribution < -0.4 is 5.73 Å². The highest BCUT2D eigenvalue weighted by atomic mass is 35.5. The number of morpholine rings is 1. The number of hydrogen-bond donors (Lipinski definition) is 1. The highest BCUT2D eigenvalue weighted by molar-refractivity contribution is 6.31. The lowest BCUT2D eigenvalue weighted by Crippen LogP contribution is -2.38. The number of nitrogens with zero attached hydrogens (tertiary/aromatic N) is 3. The Morgan fingerprint density at radius 3 is 2.62 bits per heavy atom. The van der Waals surface area contributed by atoms with E-state index in [0.29, 0.717) is 10.8 Å². The normalized spacial score (nSPS) is 17.9. The van der Waals surface area contributed by atoms with Crippen LogP contribution in [0.25, 0.3) is 0 Å². The third-order valence-electron chi connectivity index (χ3n) is 2.94. The van der Waals surface area contributed by atoms with E-state index in [1.807, 2.05) is 11.6 Å². The fourth-order valence-electron chi connectivity index (χ4n) is 1.80. The molecule has 0 aromatic carbocycles. The van der Waals surface area contributed by atoms with Gasteiger partial charge in [-0.2, -0.15) is 5.10 Å². The topological polar surface area (TPSA) is 56.3 Å². The molecule has 1 fully saturated rings. The Hall–Kier alpha value is -0.780. The predicted octanol–water partition coefficient (Wildman–Crippen LogP) is 0.759. The van der Waals surface area contributed by atoms with Gasteiger partial charge in [0.2, 0.25) is 0 Å². The van der Waals surface area contributed by atoms with Crippen molar-refractivity contribution >= 4 is 17.3 Å². The van der Waals surface area contributed by atoms with Gasteiger partial charge in [0.25, 0.3) is 0 Å². The summed E-state index contributed by atoms with van der Waals surface area (Å²) in [5, 5.41) is 4.60. The van der Waals surface area contributed by atoms with Crippen molar-refractivity contribution in [1.82, 2.24) is 14.7 Å². The number of ether oxygens (including phenoxy) is 1. The summed E-state index contributed by atoms with van der Waals surface area (Å²) >= 11 is 5.87. The average molecular weight is 245 g/mol. The Kier molecular flexibility index (Phi) is 3.68. The van der Waals surface area contributed by atoms with Gasteiger partial charge in [0.05, 0.1) is 31.1 Å². The molecule has 1 aliphatic rings. The van der Waals surface area contributed by atoms with Crippen LogP contribution in [0.1, 0.15) is 5.69 Å². The van der Waals surface area contributed by atoms with Gasteiger partial charge < -0.3 is 10.5 Å². The lowest BCUT2D eigenvalue weighted by Gasteiger charge is -2.26. The zero-order valence-electron chi connectivity index (χ0n) is 9.45. The maximum atomic E-state index is 5.87. The summed E-state index contributed by atoms with van der Waals surface area (Å²) in [7, 11) is 0. The lowest BCUT2D eigenvalue weighted by molar-refractivity contribution is 0.0359. The van der Waals surface area contributed by atoms with Gasteiger partial charge in [0.1, 0.15) is 0 Å². The first-order valence-corrected chi connectivity index (χ1v) is 5.85. The second kappa shape index (κ2) is 5.03. The minimum absolute atomic E-state index is 0.402. The zero-order valence-corrected chi connectivity index (χ0v) is 10.2. The smallest absolute Gasteiger partial charge is 0.174 e. The van der Waals surface area contributed by atoms with Crippen molar-refractivity contribution in [2.45, 2.75) is 13.5 Å². The first-order valence-electron chi connectivity index (χ1n) is 5.47. The van der Waals surface area contributed by atoms with Crippen molar-refractivity contribution in [2.24, 2.45) is 0 Å². The number of halogens is 1. The molecule has 1 aromatic rings. The molecular weight excluding hydrogens is 228 g/mol. The highest BCUT2D eigenvalue weighted by Gasteiger charge is 2.13. The fourth-order valence-corrected chi connectivity index (χ4v) is 2.03. The zero-order chi connectivity index (χ0) is 11.5. The second-order valence-electron chi connectivity index (χ2n) is 3.97. The van der Waals surface area contributed by atoms with E-state index in [4.69, 9.17) is 22.1 Å². The molecule has 1 aromatic heterocycles. The van der Waals surface area contributed by atoms with Gasteiger partial charge in [-0.15, -0.1) is 0 Å². The molecule has 90 valence electrons. The van der Waals surface area contributed by atoms with Gasteiger partial charge >= 0.3 is 0 Å². The monoisotopic (exact) mass is 244 g/mol. The summed E-state index contributed by atoms with van der Waals surface area (Å²) in [5.41, 5.74) is 7.29. The van der Waals surface area contributed by atoms with Crippen molar-refractivity contribution in [1.29, 1.82) is 0 Å². The highest BCUT2D eigenvalue weighted by Crippen LogP contribution is 2.20. The van der Waals surface area contributed by atoms with Crippen molar-refractivity contribution in [3.05, 3.63) is 10.8 Å². The molecule has 0 unspecified atom stereocenters. The van der Waals surface area contributed by atoms with E-state index in [2.05, 4.69) is 10.00 Å². The number of nitrogen functional groups attached to an aromatic ring is 1. The Morgan fingerprint density at radius 2 is 2.06 bits per heavy atom. The van der Waals surface area contributed by atoms with Crippen molar-refractivity contribution in [3.8, 4) is 0 Å². The van der Waals surface area contributed by atoms with Crippen molar-refractivity contribution < 1.29 is 4.74 Å². The van der Waals surface area contributed by atoms with Crippen LogP contribution in [0.2, 0.25) is 5.15 Å².